The van der Waals surface area contributed by atoms with Gasteiger partial charge in [0.15, 0.2) is 0 Å². The molecule has 1 saturated heterocycles. The van der Waals surface area contributed by atoms with Gasteiger partial charge in [-0.2, -0.15) is 0 Å². The van der Waals surface area contributed by atoms with Gasteiger partial charge >= 0.3 is 0 Å². The molecule has 0 saturated carbocycles. The van der Waals surface area contributed by atoms with Gasteiger partial charge in [-0.05, 0) is 49.6 Å². The molecule has 2 aromatic rings. The predicted octanol–water partition coefficient (Wildman–Crippen LogP) is 2.98. The molecule has 27 heavy (non-hydrogen) atoms. The lowest BCUT2D eigenvalue weighted by Gasteiger charge is -2.21. The minimum atomic E-state index is -3.37. The normalized spacial score (nSPS) is 20.1. The molecule has 0 bridgehead atoms. The summed E-state index contributed by atoms with van der Waals surface area (Å²) in [6.45, 7) is 2.18. The van der Waals surface area contributed by atoms with Gasteiger partial charge in [-0.25, -0.2) is 26.3 Å². The van der Waals surface area contributed by atoms with E-state index in [1.807, 2.05) is 0 Å². The Bertz CT molecular complexity index is 914. The zero-order valence-corrected chi connectivity index (χ0v) is 15.6. The van der Waals surface area contributed by atoms with Crippen LogP contribution in [0, 0.1) is 17.5 Å². The second-order valence-electron chi connectivity index (χ2n) is 6.62. The second-order valence-corrected chi connectivity index (χ2v) is 8.66. The van der Waals surface area contributed by atoms with Crippen molar-refractivity contribution in [1.82, 2.24) is 10.0 Å². The van der Waals surface area contributed by atoms with Crippen LogP contribution in [0.5, 0.6) is 0 Å². The fourth-order valence-electron chi connectivity index (χ4n) is 3.34. The minimum Gasteiger partial charge on any atom is -0.312 e. The number of hydrogen-bond donors (Lipinski definition) is 2. The van der Waals surface area contributed by atoms with Crippen LogP contribution in [0.25, 0.3) is 11.1 Å². The summed E-state index contributed by atoms with van der Waals surface area (Å²) in [4.78, 5) is 0. The van der Waals surface area contributed by atoms with Crippen molar-refractivity contribution in [3.63, 3.8) is 0 Å². The largest absolute Gasteiger partial charge is 0.312 e. The first-order valence-corrected chi connectivity index (χ1v) is 10.4. The molecule has 0 spiro atoms. The predicted molar refractivity (Wildman–Crippen MR) is 98.2 cm³/mol. The molecular weight excluding hydrogens is 377 g/mol. The van der Waals surface area contributed by atoms with Crippen LogP contribution in [-0.2, 0) is 16.4 Å². The summed E-state index contributed by atoms with van der Waals surface area (Å²) in [5.74, 6) is -2.14. The third kappa shape index (κ3) is 4.69. The Kier molecular flexibility index (Phi) is 5.88. The molecule has 4 nitrogen and oxygen atoms in total. The number of rotatable bonds is 6. The molecule has 2 atom stereocenters. The lowest BCUT2D eigenvalue weighted by molar-refractivity contribution is 0.484. The van der Waals surface area contributed by atoms with Crippen molar-refractivity contribution in [3.8, 4) is 11.1 Å². The van der Waals surface area contributed by atoms with Crippen molar-refractivity contribution in [2.75, 3.05) is 12.3 Å². The quantitative estimate of drug-likeness (QED) is 0.787. The first kappa shape index (κ1) is 19.9. The Morgan fingerprint density at radius 2 is 1.85 bits per heavy atom. The number of benzene rings is 2. The van der Waals surface area contributed by atoms with E-state index < -0.39 is 27.5 Å². The number of nitrogens with one attached hydrogen (secondary N) is 2. The van der Waals surface area contributed by atoms with Gasteiger partial charge < -0.3 is 5.32 Å². The van der Waals surface area contributed by atoms with Gasteiger partial charge in [0.05, 0.1) is 5.75 Å². The van der Waals surface area contributed by atoms with Gasteiger partial charge in [0.1, 0.15) is 17.5 Å². The molecule has 0 radical (unpaired) electrons. The van der Waals surface area contributed by atoms with Crippen molar-refractivity contribution in [2.24, 2.45) is 0 Å². The fourth-order valence-corrected chi connectivity index (χ4v) is 4.25. The van der Waals surface area contributed by atoms with Crippen LogP contribution >= 0.6 is 0 Å². The lowest BCUT2D eigenvalue weighted by Crippen LogP contribution is -2.45. The van der Waals surface area contributed by atoms with Crippen LogP contribution in [0.1, 0.15) is 18.9 Å². The van der Waals surface area contributed by atoms with Crippen LogP contribution < -0.4 is 10.0 Å². The first-order valence-electron chi connectivity index (χ1n) is 8.76. The smallest absolute Gasteiger partial charge is 0.211 e. The Morgan fingerprint density at radius 1 is 1.15 bits per heavy atom. The van der Waals surface area contributed by atoms with Crippen LogP contribution in [0.4, 0.5) is 13.2 Å². The van der Waals surface area contributed by atoms with Crippen molar-refractivity contribution in [3.05, 3.63) is 59.4 Å². The SMILES string of the molecule is CCS(=O)(=O)N[C@H]1CCN[C@H]1Cc1cccc(-c2cc(F)cc(F)c2)c1F. The van der Waals surface area contributed by atoms with Crippen LogP contribution in [0.3, 0.4) is 0 Å². The Labute approximate surface area is 156 Å². The molecule has 0 aliphatic carbocycles. The highest BCUT2D eigenvalue weighted by Gasteiger charge is 2.30. The van der Waals surface area contributed by atoms with E-state index in [-0.39, 0.29) is 35.4 Å². The molecule has 1 heterocycles. The van der Waals surface area contributed by atoms with Gasteiger partial charge in [0.2, 0.25) is 10.0 Å². The van der Waals surface area contributed by atoms with E-state index in [9.17, 15) is 21.6 Å². The van der Waals surface area contributed by atoms with E-state index >= 15 is 0 Å². The van der Waals surface area contributed by atoms with Gasteiger partial charge in [-0.1, -0.05) is 18.2 Å². The number of halogens is 3. The van der Waals surface area contributed by atoms with Crippen LogP contribution in [-0.4, -0.2) is 32.8 Å². The summed E-state index contributed by atoms with van der Waals surface area (Å²) in [5, 5.41) is 3.19. The number of sulfonamides is 1. The Morgan fingerprint density at radius 3 is 2.52 bits per heavy atom. The molecule has 1 fully saturated rings. The topological polar surface area (TPSA) is 58.2 Å². The average molecular weight is 398 g/mol. The summed E-state index contributed by atoms with van der Waals surface area (Å²) in [5.41, 5.74) is 0.585. The maximum Gasteiger partial charge on any atom is 0.211 e. The van der Waals surface area contributed by atoms with Crippen LogP contribution in [0.2, 0.25) is 0 Å². The van der Waals surface area contributed by atoms with E-state index in [1.54, 1.807) is 19.1 Å². The highest BCUT2D eigenvalue weighted by Crippen LogP contribution is 2.28. The van der Waals surface area contributed by atoms with E-state index in [0.29, 0.717) is 18.5 Å². The van der Waals surface area contributed by atoms with Gasteiger partial charge in [0.25, 0.3) is 0 Å². The standard InChI is InChI=1S/C19H21F3N2O2S/c1-2-27(25,26)24-17-6-7-23-18(17)10-12-4-3-5-16(19(12)22)13-8-14(20)11-15(21)9-13/h3-5,8-9,11,17-18,23-24H,2,6-7,10H2,1H3/t17-,18-/m0/s1. The molecular formula is C19H21F3N2O2S. The minimum absolute atomic E-state index is 0.0226. The summed E-state index contributed by atoms with van der Waals surface area (Å²) >= 11 is 0. The van der Waals surface area contributed by atoms with Crippen molar-refractivity contribution in [2.45, 2.75) is 31.8 Å². The second kappa shape index (κ2) is 8.00. The molecule has 2 N–H and O–H groups in total. The molecule has 3 rings (SSSR count). The van der Waals surface area contributed by atoms with Crippen molar-refractivity contribution >= 4 is 10.0 Å². The third-order valence-corrected chi connectivity index (χ3v) is 6.17. The van der Waals surface area contributed by atoms with Crippen molar-refractivity contribution < 1.29 is 21.6 Å². The van der Waals surface area contributed by atoms with E-state index in [2.05, 4.69) is 10.0 Å². The monoisotopic (exact) mass is 398 g/mol. The molecule has 2 aromatic carbocycles. The van der Waals surface area contributed by atoms with E-state index in [0.717, 1.165) is 18.2 Å². The summed E-state index contributed by atoms with van der Waals surface area (Å²) in [6.07, 6.45) is 0.870. The van der Waals surface area contributed by atoms with Crippen LogP contribution in [0.15, 0.2) is 36.4 Å². The maximum absolute atomic E-state index is 15.0. The van der Waals surface area contributed by atoms with E-state index in [1.165, 1.54) is 6.07 Å². The Balaban J connectivity index is 1.85. The molecule has 0 aromatic heterocycles. The molecule has 0 unspecified atom stereocenters. The highest BCUT2D eigenvalue weighted by atomic mass is 32.2. The molecule has 8 heteroatoms. The zero-order chi connectivity index (χ0) is 19.6. The van der Waals surface area contributed by atoms with Gasteiger partial charge in [-0.3, -0.25) is 0 Å². The van der Waals surface area contributed by atoms with Crippen molar-refractivity contribution in [1.29, 1.82) is 0 Å². The summed E-state index contributed by atoms with van der Waals surface area (Å²) in [7, 11) is -3.37. The highest BCUT2D eigenvalue weighted by molar-refractivity contribution is 7.89. The molecule has 1 aliphatic rings. The van der Waals surface area contributed by atoms with E-state index in [4.69, 9.17) is 0 Å². The van der Waals surface area contributed by atoms with Gasteiger partial charge in [-0.15, -0.1) is 0 Å². The summed E-state index contributed by atoms with van der Waals surface area (Å²) in [6, 6.07) is 6.99. The van der Waals surface area contributed by atoms with Gasteiger partial charge in [0, 0.05) is 23.7 Å². The summed E-state index contributed by atoms with van der Waals surface area (Å²) < 4.78 is 68.3. The number of hydrogen-bond acceptors (Lipinski definition) is 3. The first-order chi connectivity index (χ1) is 12.8. The molecule has 1 aliphatic heterocycles. The maximum atomic E-state index is 15.0. The lowest BCUT2D eigenvalue weighted by atomic mass is 9.96. The Hall–Kier alpha value is -1.90. The molecule has 146 valence electrons. The molecule has 0 amide bonds. The average Bonchev–Trinajstić information content (AvgIpc) is 3.02. The fraction of sp³-hybridized carbons (Fsp3) is 0.368. The third-order valence-electron chi connectivity index (χ3n) is 4.75. The zero-order valence-electron chi connectivity index (χ0n) is 14.8.